The number of hydrogen-bond donors (Lipinski definition) is 1. The Labute approximate surface area is 135 Å². The van der Waals surface area contributed by atoms with Crippen LogP contribution >= 0.6 is 0 Å². The van der Waals surface area contributed by atoms with E-state index in [4.69, 9.17) is 4.74 Å². The monoisotopic (exact) mass is 314 g/mol. The maximum Gasteiger partial charge on any atom is 0.312 e. The highest BCUT2D eigenvalue weighted by Gasteiger charge is 2.48. The van der Waals surface area contributed by atoms with Crippen molar-refractivity contribution < 1.29 is 19.4 Å². The molecule has 22 heavy (non-hydrogen) atoms. The molecule has 0 spiro atoms. The molecule has 0 aromatic rings. The van der Waals surface area contributed by atoms with Crippen molar-refractivity contribution in [1.29, 1.82) is 0 Å². The molecule has 0 saturated carbocycles. The Morgan fingerprint density at radius 2 is 1.55 bits per heavy atom. The summed E-state index contributed by atoms with van der Waals surface area (Å²) in [6, 6.07) is 0. The molecule has 0 bridgehead atoms. The van der Waals surface area contributed by atoms with Gasteiger partial charge in [-0.05, 0) is 44.4 Å². The largest absolute Gasteiger partial charge is 0.481 e. The third-order valence-corrected chi connectivity index (χ3v) is 4.48. The molecule has 0 fully saturated rings. The third-order valence-electron chi connectivity index (χ3n) is 4.48. The van der Waals surface area contributed by atoms with Crippen LogP contribution in [0, 0.1) is 23.2 Å². The molecule has 1 N–H and O–H groups in total. The van der Waals surface area contributed by atoms with Gasteiger partial charge in [-0.15, -0.1) is 0 Å². The summed E-state index contributed by atoms with van der Waals surface area (Å²) in [6.45, 7) is 12.3. The van der Waals surface area contributed by atoms with Crippen molar-refractivity contribution in [3.63, 3.8) is 0 Å². The lowest BCUT2D eigenvalue weighted by Gasteiger charge is -2.36. The van der Waals surface area contributed by atoms with Gasteiger partial charge in [0.1, 0.15) is 0 Å². The molecule has 0 amide bonds. The number of rotatable bonds is 11. The standard InChI is InChI=1S/C18H34O4/c1-7-18(12-11-14(5)6,17(21)22-8-2)15(16(19)20)10-9-13(3)4/h13-15H,7-12H2,1-6H3,(H,19,20). The number of carbonyl (C=O) groups excluding carboxylic acids is 1. The average molecular weight is 314 g/mol. The molecule has 4 heteroatoms. The lowest BCUT2D eigenvalue weighted by atomic mass is 9.67. The Hall–Kier alpha value is -1.06. The van der Waals surface area contributed by atoms with Gasteiger partial charge in [-0.25, -0.2) is 0 Å². The number of esters is 1. The fourth-order valence-electron chi connectivity index (χ4n) is 2.94. The summed E-state index contributed by atoms with van der Waals surface area (Å²) in [7, 11) is 0. The first-order valence-corrected chi connectivity index (χ1v) is 8.61. The Balaban J connectivity index is 5.51. The van der Waals surface area contributed by atoms with Crippen LogP contribution in [0.2, 0.25) is 0 Å². The van der Waals surface area contributed by atoms with Crippen LogP contribution in [0.25, 0.3) is 0 Å². The normalized spacial score (nSPS) is 15.6. The highest BCUT2D eigenvalue weighted by atomic mass is 16.5. The van der Waals surface area contributed by atoms with E-state index < -0.39 is 17.3 Å². The predicted molar refractivity (Wildman–Crippen MR) is 88.6 cm³/mol. The molecule has 0 aromatic heterocycles. The van der Waals surface area contributed by atoms with Gasteiger partial charge in [0.25, 0.3) is 0 Å². The molecular formula is C18H34O4. The van der Waals surface area contributed by atoms with Crippen molar-refractivity contribution in [3.8, 4) is 0 Å². The summed E-state index contributed by atoms with van der Waals surface area (Å²) in [6.07, 6.45) is 3.25. The zero-order valence-corrected chi connectivity index (χ0v) is 15.1. The number of hydrogen-bond acceptors (Lipinski definition) is 3. The molecule has 0 aliphatic carbocycles. The van der Waals surface area contributed by atoms with Gasteiger partial charge in [-0.1, -0.05) is 41.0 Å². The molecule has 0 aliphatic rings. The molecule has 2 unspecified atom stereocenters. The first-order chi connectivity index (χ1) is 10.2. The molecule has 4 nitrogen and oxygen atoms in total. The molecule has 0 saturated heterocycles. The predicted octanol–water partition coefficient (Wildman–Crippen LogP) is 4.52. The average Bonchev–Trinajstić information content (AvgIpc) is 2.41. The van der Waals surface area contributed by atoms with E-state index in [1.165, 1.54) is 0 Å². The van der Waals surface area contributed by atoms with Crippen molar-refractivity contribution in [1.82, 2.24) is 0 Å². The summed E-state index contributed by atoms with van der Waals surface area (Å²) in [5.74, 6) is -1.03. The second-order valence-electron chi connectivity index (χ2n) is 7.02. The molecule has 0 rings (SSSR count). The molecule has 0 radical (unpaired) electrons. The van der Waals surface area contributed by atoms with Crippen LogP contribution in [0.1, 0.15) is 73.6 Å². The zero-order chi connectivity index (χ0) is 17.3. The molecule has 0 aliphatic heterocycles. The van der Waals surface area contributed by atoms with Crippen molar-refractivity contribution in [3.05, 3.63) is 0 Å². The summed E-state index contributed by atoms with van der Waals surface area (Å²) in [5, 5.41) is 9.73. The van der Waals surface area contributed by atoms with Crippen molar-refractivity contribution in [2.75, 3.05) is 6.61 Å². The zero-order valence-electron chi connectivity index (χ0n) is 15.1. The number of carboxylic acids is 1. The smallest absolute Gasteiger partial charge is 0.312 e. The summed E-state index contributed by atoms with van der Waals surface area (Å²) in [5.41, 5.74) is -0.902. The Kier molecular flexibility index (Phi) is 9.38. The summed E-state index contributed by atoms with van der Waals surface area (Å²) in [4.78, 5) is 24.5. The van der Waals surface area contributed by atoms with E-state index in [-0.39, 0.29) is 5.97 Å². The van der Waals surface area contributed by atoms with Gasteiger partial charge >= 0.3 is 11.9 Å². The van der Waals surface area contributed by atoms with Crippen LogP contribution in [0.5, 0.6) is 0 Å². The maximum atomic E-state index is 12.6. The van der Waals surface area contributed by atoms with Gasteiger partial charge < -0.3 is 9.84 Å². The van der Waals surface area contributed by atoms with E-state index in [0.717, 1.165) is 12.8 Å². The molecule has 130 valence electrons. The molecule has 0 heterocycles. The van der Waals surface area contributed by atoms with Crippen LogP contribution in [0.3, 0.4) is 0 Å². The number of aliphatic carboxylic acids is 1. The van der Waals surface area contributed by atoms with E-state index in [9.17, 15) is 14.7 Å². The van der Waals surface area contributed by atoms with Gasteiger partial charge in [-0.3, -0.25) is 9.59 Å². The van der Waals surface area contributed by atoms with Gasteiger partial charge in [0.05, 0.1) is 17.9 Å². The fraction of sp³-hybridized carbons (Fsp3) is 0.889. The Morgan fingerprint density at radius 1 is 1.00 bits per heavy atom. The quantitative estimate of drug-likeness (QED) is 0.569. The lowest BCUT2D eigenvalue weighted by Crippen LogP contribution is -2.44. The van der Waals surface area contributed by atoms with Crippen LogP contribution in [-0.4, -0.2) is 23.7 Å². The van der Waals surface area contributed by atoms with E-state index in [1.807, 2.05) is 6.92 Å². The van der Waals surface area contributed by atoms with E-state index in [0.29, 0.717) is 37.7 Å². The Morgan fingerprint density at radius 3 is 1.91 bits per heavy atom. The minimum absolute atomic E-state index is 0.290. The third kappa shape index (κ3) is 5.98. The minimum Gasteiger partial charge on any atom is -0.481 e. The topological polar surface area (TPSA) is 63.6 Å². The molecule has 2 atom stereocenters. The fourth-order valence-corrected chi connectivity index (χ4v) is 2.94. The van der Waals surface area contributed by atoms with E-state index >= 15 is 0 Å². The first kappa shape index (κ1) is 20.9. The number of carbonyl (C=O) groups is 2. The van der Waals surface area contributed by atoms with E-state index in [2.05, 4.69) is 27.7 Å². The van der Waals surface area contributed by atoms with Crippen molar-refractivity contribution in [2.45, 2.75) is 73.6 Å². The summed E-state index contributed by atoms with van der Waals surface area (Å²) >= 11 is 0. The Bertz CT molecular complexity index is 349. The number of carboxylic acid groups (broad SMARTS) is 1. The van der Waals surface area contributed by atoms with Crippen LogP contribution in [-0.2, 0) is 14.3 Å². The van der Waals surface area contributed by atoms with Gasteiger partial charge in [0, 0.05) is 0 Å². The van der Waals surface area contributed by atoms with Gasteiger partial charge in [0.15, 0.2) is 0 Å². The highest BCUT2D eigenvalue weighted by Crippen LogP contribution is 2.42. The van der Waals surface area contributed by atoms with Gasteiger partial charge in [-0.2, -0.15) is 0 Å². The summed E-state index contributed by atoms with van der Waals surface area (Å²) < 4.78 is 5.27. The number of ether oxygens (including phenoxy) is 1. The minimum atomic E-state index is -0.902. The van der Waals surface area contributed by atoms with Gasteiger partial charge in [0.2, 0.25) is 0 Å². The second kappa shape index (κ2) is 9.86. The van der Waals surface area contributed by atoms with Crippen molar-refractivity contribution >= 4 is 11.9 Å². The molecule has 0 aromatic carbocycles. The molecular weight excluding hydrogens is 280 g/mol. The van der Waals surface area contributed by atoms with Crippen molar-refractivity contribution in [2.24, 2.45) is 23.2 Å². The maximum absolute atomic E-state index is 12.6. The lowest BCUT2D eigenvalue weighted by molar-refractivity contribution is -0.169. The van der Waals surface area contributed by atoms with Crippen LogP contribution < -0.4 is 0 Å². The highest BCUT2D eigenvalue weighted by molar-refractivity contribution is 5.84. The second-order valence-corrected chi connectivity index (χ2v) is 7.02. The van der Waals surface area contributed by atoms with E-state index in [1.54, 1.807) is 6.92 Å². The van der Waals surface area contributed by atoms with Crippen LogP contribution in [0.15, 0.2) is 0 Å². The van der Waals surface area contributed by atoms with Crippen LogP contribution in [0.4, 0.5) is 0 Å². The SMILES string of the molecule is CCOC(=O)C(CC)(CCC(C)C)C(CCC(C)C)C(=O)O. The first-order valence-electron chi connectivity index (χ1n) is 8.61.